The van der Waals surface area contributed by atoms with Crippen LogP contribution in [0.15, 0.2) is 23.1 Å². The van der Waals surface area contributed by atoms with E-state index in [1.165, 1.54) is 24.5 Å². The van der Waals surface area contributed by atoms with Crippen molar-refractivity contribution in [2.45, 2.75) is 24.2 Å². The molecule has 1 aliphatic rings. The van der Waals surface area contributed by atoms with Gasteiger partial charge in [-0.25, -0.2) is 0 Å². The Kier molecular flexibility index (Phi) is 4.50. The molecule has 106 valence electrons. The molecule has 0 saturated heterocycles. The molecule has 0 heterocycles. The van der Waals surface area contributed by atoms with Crippen LogP contribution in [0.2, 0.25) is 5.02 Å². The lowest BCUT2D eigenvalue weighted by molar-refractivity contribution is -0.133. The minimum atomic E-state index is -1.22. The molecule has 0 spiro atoms. The van der Waals surface area contributed by atoms with E-state index in [1.54, 1.807) is 0 Å². The van der Waals surface area contributed by atoms with Gasteiger partial charge >= 0.3 is 0 Å². The van der Waals surface area contributed by atoms with Crippen LogP contribution in [0.25, 0.3) is 0 Å². The van der Waals surface area contributed by atoms with Crippen molar-refractivity contribution in [2.24, 2.45) is 5.92 Å². The van der Waals surface area contributed by atoms with Crippen LogP contribution in [0.3, 0.4) is 0 Å². The van der Waals surface area contributed by atoms with Crippen LogP contribution in [-0.4, -0.2) is 27.8 Å². The zero-order chi connectivity index (χ0) is 14.9. The molecule has 4 nitrogen and oxygen atoms in total. The Morgan fingerprint density at radius 2 is 1.85 bits per heavy atom. The maximum atomic E-state index is 12.3. The molecule has 0 N–H and O–H groups in total. The molecule has 6 heteroatoms. The second kappa shape index (κ2) is 5.97. The topological polar surface area (TPSA) is 68.3 Å². The van der Waals surface area contributed by atoms with E-state index in [-0.39, 0.29) is 35.0 Å². The van der Waals surface area contributed by atoms with Crippen LogP contribution >= 0.6 is 11.6 Å². The van der Waals surface area contributed by atoms with Crippen molar-refractivity contribution in [3.05, 3.63) is 28.8 Å². The predicted octanol–water partition coefficient (Wildman–Crippen LogP) is 2.20. The van der Waals surface area contributed by atoms with E-state index < -0.39 is 22.5 Å². The van der Waals surface area contributed by atoms with E-state index in [0.717, 1.165) is 0 Å². The summed E-state index contributed by atoms with van der Waals surface area (Å²) in [5, 5.41) is 0.119. The fourth-order valence-corrected chi connectivity index (χ4v) is 3.11. The summed E-state index contributed by atoms with van der Waals surface area (Å²) in [6, 6.07) is 4.38. The molecular formula is C14H13ClO4S. The van der Waals surface area contributed by atoms with Crippen molar-refractivity contribution in [1.82, 2.24) is 0 Å². The van der Waals surface area contributed by atoms with Crippen LogP contribution in [0.4, 0.5) is 0 Å². The van der Waals surface area contributed by atoms with Crippen LogP contribution in [0.1, 0.15) is 29.6 Å². The Balaban J connectivity index is 2.36. The van der Waals surface area contributed by atoms with Gasteiger partial charge in [-0.3, -0.25) is 18.6 Å². The maximum Gasteiger partial charge on any atom is 0.182 e. The van der Waals surface area contributed by atoms with Crippen molar-refractivity contribution in [1.29, 1.82) is 0 Å². The molecule has 2 rings (SSSR count). The van der Waals surface area contributed by atoms with Gasteiger partial charge in [-0.15, -0.1) is 0 Å². The first-order valence-corrected chi connectivity index (χ1v) is 8.08. The monoisotopic (exact) mass is 312 g/mol. The molecule has 1 unspecified atom stereocenters. The Labute approximate surface area is 124 Å². The maximum absolute atomic E-state index is 12.3. The molecule has 0 amide bonds. The van der Waals surface area contributed by atoms with Crippen molar-refractivity contribution < 1.29 is 18.6 Å². The third kappa shape index (κ3) is 2.88. The normalized spacial score (nSPS) is 18.1. The zero-order valence-electron chi connectivity index (χ0n) is 10.8. The number of benzene rings is 1. The van der Waals surface area contributed by atoms with E-state index in [4.69, 9.17) is 11.6 Å². The lowest BCUT2D eigenvalue weighted by Gasteiger charge is -2.18. The van der Waals surface area contributed by atoms with Gasteiger partial charge in [-0.2, -0.15) is 0 Å². The molecule has 0 aliphatic heterocycles. The van der Waals surface area contributed by atoms with Crippen molar-refractivity contribution >= 4 is 39.8 Å². The van der Waals surface area contributed by atoms with Crippen LogP contribution in [0, 0.1) is 5.92 Å². The number of rotatable bonds is 3. The van der Waals surface area contributed by atoms with Gasteiger partial charge in [0.05, 0.1) is 5.02 Å². The highest BCUT2D eigenvalue weighted by Gasteiger charge is 2.37. The summed E-state index contributed by atoms with van der Waals surface area (Å²) in [7, 11) is -1.21. The molecule has 1 aromatic rings. The minimum Gasteiger partial charge on any atom is -0.298 e. The Hall–Kier alpha value is -1.33. The summed E-state index contributed by atoms with van der Waals surface area (Å²) >= 11 is 6.01. The average molecular weight is 313 g/mol. The summed E-state index contributed by atoms with van der Waals surface area (Å²) in [5.74, 6) is -2.46. The molecule has 1 saturated carbocycles. The van der Waals surface area contributed by atoms with Crippen LogP contribution in [0.5, 0.6) is 0 Å². The van der Waals surface area contributed by atoms with Gasteiger partial charge in [0, 0.05) is 40.4 Å². The molecule has 1 aliphatic carbocycles. The van der Waals surface area contributed by atoms with E-state index >= 15 is 0 Å². The average Bonchev–Trinajstić information content (AvgIpc) is 2.38. The molecule has 0 aromatic heterocycles. The quantitative estimate of drug-likeness (QED) is 0.634. The third-order valence-electron chi connectivity index (χ3n) is 3.29. The zero-order valence-corrected chi connectivity index (χ0v) is 12.4. The fraction of sp³-hybridized carbons (Fsp3) is 0.357. The molecule has 1 aromatic carbocycles. The highest BCUT2D eigenvalue weighted by Crippen LogP contribution is 2.26. The van der Waals surface area contributed by atoms with E-state index in [1.807, 2.05) is 0 Å². The number of hydrogen-bond acceptors (Lipinski definition) is 4. The molecule has 20 heavy (non-hydrogen) atoms. The Bertz CT molecular complexity index is 608. The van der Waals surface area contributed by atoms with Crippen molar-refractivity contribution in [3.63, 3.8) is 0 Å². The second-order valence-electron chi connectivity index (χ2n) is 4.68. The highest BCUT2D eigenvalue weighted by molar-refractivity contribution is 7.84. The Morgan fingerprint density at radius 1 is 1.25 bits per heavy atom. The van der Waals surface area contributed by atoms with Crippen molar-refractivity contribution in [3.8, 4) is 0 Å². The molecule has 1 atom stereocenters. The molecule has 0 bridgehead atoms. The van der Waals surface area contributed by atoms with E-state index in [0.29, 0.717) is 11.3 Å². The minimum absolute atomic E-state index is 0.119. The second-order valence-corrected chi connectivity index (χ2v) is 6.47. The summed E-state index contributed by atoms with van der Waals surface area (Å²) in [4.78, 5) is 36.4. The summed E-state index contributed by atoms with van der Waals surface area (Å²) < 4.78 is 11.3. The largest absolute Gasteiger partial charge is 0.298 e. The first kappa shape index (κ1) is 15.1. The van der Waals surface area contributed by atoms with Crippen LogP contribution < -0.4 is 0 Å². The van der Waals surface area contributed by atoms with Gasteiger partial charge in [-0.05, 0) is 24.6 Å². The first-order valence-electron chi connectivity index (χ1n) is 6.14. The number of Topliss-reactive ketones (excluding diaryl/α,β-unsaturated/α-hetero) is 3. The SMILES string of the molecule is CS(=O)c1ccc(C(=O)C2C(=O)CCCC2=O)c(Cl)c1. The number of halogens is 1. The lowest BCUT2D eigenvalue weighted by atomic mass is 9.82. The highest BCUT2D eigenvalue weighted by atomic mass is 35.5. The fourth-order valence-electron chi connectivity index (χ4n) is 2.23. The van der Waals surface area contributed by atoms with Crippen LogP contribution in [-0.2, 0) is 20.4 Å². The number of ketones is 3. The lowest BCUT2D eigenvalue weighted by Crippen LogP contribution is -2.35. The third-order valence-corrected chi connectivity index (χ3v) is 4.52. The standard InChI is InChI=1S/C14H13ClO4S/c1-20(19)8-5-6-9(10(15)7-8)14(18)13-11(16)3-2-4-12(13)17/h5-7,13H,2-4H2,1H3. The van der Waals surface area contributed by atoms with Gasteiger partial charge in [-0.1, -0.05) is 11.6 Å². The van der Waals surface area contributed by atoms with E-state index in [9.17, 15) is 18.6 Å². The summed E-state index contributed by atoms with van der Waals surface area (Å²) in [6.45, 7) is 0. The molecular weight excluding hydrogens is 300 g/mol. The predicted molar refractivity (Wildman–Crippen MR) is 75.5 cm³/mol. The summed E-state index contributed by atoms with van der Waals surface area (Å²) in [6.07, 6.45) is 2.50. The number of carbonyl (C=O) groups excluding carboxylic acids is 3. The summed E-state index contributed by atoms with van der Waals surface area (Å²) in [5.41, 5.74) is 0.134. The van der Waals surface area contributed by atoms with Gasteiger partial charge < -0.3 is 0 Å². The molecule has 0 radical (unpaired) electrons. The van der Waals surface area contributed by atoms with Gasteiger partial charge in [0.1, 0.15) is 5.92 Å². The molecule has 1 fully saturated rings. The number of carbonyl (C=O) groups is 3. The van der Waals surface area contributed by atoms with Gasteiger partial charge in [0.15, 0.2) is 17.3 Å². The van der Waals surface area contributed by atoms with Gasteiger partial charge in [0.25, 0.3) is 0 Å². The Morgan fingerprint density at radius 3 is 2.35 bits per heavy atom. The first-order chi connectivity index (χ1) is 9.41. The number of hydrogen-bond donors (Lipinski definition) is 0. The van der Waals surface area contributed by atoms with Crippen molar-refractivity contribution in [2.75, 3.05) is 6.26 Å². The van der Waals surface area contributed by atoms with Gasteiger partial charge in [0.2, 0.25) is 0 Å². The van der Waals surface area contributed by atoms with E-state index in [2.05, 4.69) is 0 Å². The smallest absolute Gasteiger partial charge is 0.182 e.